The van der Waals surface area contributed by atoms with Crippen molar-refractivity contribution >= 4 is 17.1 Å². The lowest BCUT2D eigenvalue weighted by Gasteiger charge is -2.11. The molecule has 94 valence electrons. The maximum Gasteiger partial charge on any atom is 0.140 e. The van der Waals surface area contributed by atoms with Crippen LogP contribution in [0, 0.1) is 0 Å². The smallest absolute Gasteiger partial charge is 0.140 e. The summed E-state index contributed by atoms with van der Waals surface area (Å²) in [7, 11) is 0. The molecule has 0 spiro atoms. The Labute approximate surface area is 105 Å². The van der Waals surface area contributed by atoms with Gasteiger partial charge in [0.15, 0.2) is 0 Å². The second-order valence-electron chi connectivity index (χ2n) is 3.97. The number of nitrogens with one attached hydrogen (secondary N) is 1. The lowest BCUT2D eigenvalue weighted by molar-refractivity contribution is 0.469. The molecule has 0 aliphatic rings. The number of benzene rings is 2. The Morgan fingerprint density at radius 2 is 1.72 bits per heavy atom. The summed E-state index contributed by atoms with van der Waals surface area (Å²) in [6.45, 7) is 0.363. The predicted molar refractivity (Wildman–Crippen MR) is 72.4 cm³/mol. The van der Waals surface area contributed by atoms with Crippen LogP contribution in [0.5, 0.6) is 11.5 Å². The van der Waals surface area contributed by atoms with Gasteiger partial charge in [-0.1, -0.05) is 6.07 Å². The zero-order valence-corrected chi connectivity index (χ0v) is 9.72. The van der Waals surface area contributed by atoms with Gasteiger partial charge in [-0.2, -0.15) is 0 Å². The van der Waals surface area contributed by atoms with Crippen LogP contribution in [-0.2, 0) is 6.54 Å². The molecule has 0 radical (unpaired) electrons. The molecule has 7 N–H and O–H groups in total. The lowest BCUT2D eigenvalue weighted by atomic mass is 10.1. The van der Waals surface area contributed by atoms with E-state index in [0.29, 0.717) is 29.2 Å². The third-order valence-corrected chi connectivity index (χ3v) is 2.69. The standard InChI is InChI=1S/C13H15N3O2/c14-10-2-1-3-12(17)9(10)7-16-8-4-5-11(15)13(18)6-8/h1-6,16-18H,7,14-15H2. The molecule has 0 heterocycles. The van der Waals surface area contributed by atoms with E-state index in [4.69, 9.17) is 11.5 Å². The number of aromatic hydroxyl groups is 2. The summed E-state index contributed by atoms with van der Waals surface area (Å²) in [5, 5.41) is 22.2. The van der Waals surface area contributed by atoms with Gasteiger partial charge in [0.25, 0.3) is 0 Å². The van der Waals surface area contributed by atoms with Gasteiger partial charge in [0.1, 0.15) is 11.5 Å². The first kappa shape index (κ1) is 11.9. The Balaban J connectivity index is 2.14. The second kappa shape index (κ2) is 4.75. The summed E-state index contributed by atoms with van der Waals surface area (Å²) in [5.41, 5.74) is 13.4. The van der Waals surface area contributed by atoms with Crippen molar-refractivity contribution in [2.75, 3.05) is 16.8 Å². The number of hydrogen-bond donors (Lipinski definition) is 5. The Morgan fingerprint density at radius 1 is 0.944 bits per heavy atom. The number of nitrogens with two attached hydrogens (primary N) is 2. The fraction of sp³-hybridized carbons (Fsp3) is 0.0769. The van der Waals surface area contributed by atoms with E-state index < -0.39 is 0 Å². The van der Waals surface area contributed by atoms with E-state index in [1.54, 1.807) is 30.3 Å². The van der Waals surface area contributed by atoms with Gasteiger partial charge >= 0.3 is 0 Å². The molecular weight excluding hydrogens is 230 g/mol. The Morgan fingerprint density at radius 3 is 2.39 bits per heavy atom. The second-order valence-corrected chi connectivity index (χ2v) is 3.97. The van der Waals surface area contributed by atoms with Crippen LogP contribution < -0.4 is 16.8 Å². The molecule has 2 rings (SSSR count). The number of anilines is 3. The third-order valence-electron chi connectivity index (χ3n) is 2.69. The Hall–Kier alpha value is -2.56. The van der Waals surface area contributed by atoms with Crippen molar-refractivity contribution < 1.29 is 10.2 Å². The average Bonchev–Trinajstić information content (AvgIpc) is 2.33. The summed E-state index contributed by atoms with van der Waals surface area (Å²) in [6, 6.07) is 9.84. The van der Waals surface area contributed by atoms with Crippen molar-refractivity contribution in [1.29, 1.82) is 0 Å². The number of nitrogen functional groups attached to an aromatic ring is 2. The maximum atomic E-state index is 9.68. The van der Waals surface area contributed by atoms with Gasteiger partial charge < -0.3 is 27.0 Å². The van der Waals surface area contributed by atoms with Crippen molar-refractivity contribution in [2.24, 2.45) is 0 Å². The number of hydrogen-bond acceptors (Lipinski definition) is 5. The number of rotatable bonds is 3. The van der Waals surface area contributed by atoms with E-state index in [1.165, 1.54) is 6.07 Å². The monoisotopic (exact) mass is 245 g/mol. The minimum Gasteiger partial charge on any atom is -0.508 e. The van der Waals surface area contributed by atoms with E-state index in [9.17, 15) is 10.2 Å². The van der Waals surface area contributed by atoms with Crippen molar-refractivity contribution in [3.63, 3.8) is 0 Å². The molecule has 18 heavy (non-hydrogen) atoms. The van der Waals surface area contributed by atoms with Crippen LogP contribution in [0.25, 0.3) is 0 Å². The van der Waals surface area contributed by atoms with Crippen LogP contribution in [0.2, 0.25) is 0 Å². The molecule has 0 saturated carbocycles. The van der Waals surface area contributed by atoms with E-state index in [0.717, 1.165) is 0 Å². The molecule has 5 heteroatoms. The minimum absolute atomic E-state index is 0.0188. The van der Waals surface area contributed by atoms with E-state index in [-0.39, 0.29) is 11.5 Å². The van der Waals surface area contributed by atoms with Crippen LogP contribution >= 0.6 is 0 Å². The molecule has 0 amide bonds. The van der Waals surface area contributed by atoms with Gasteiger partial charge in [-0.25, -0.2) is 0 Å². The van der Waals surface area contributed by atoms with Gasteiger partial charge in [-0.05, 0) is 24.3 Å². The van der Waals surface area contributed by atoms with Crippen LogP contribution in [-0.4, -0.2) is 10.2 Å². The highest BCUT2D eigenvalue weighted by Gasteiger charge is 2.05. The zero-order valence-electron chi connectivity index (χ0n) is 9.72. The molecule has 0 bridgehead atoms. The van der Waals surface area contributed by atoms with Crippen LogP contribution in [0.3, 0.4) is 0 Å². The maximum absolute atomic E-state index is 9.68. The SMILES string of the molecule is Nc1ccc(NCc2c(N)cccc2O)cc1O. The predicted octanol–water partition coefficient (Wildman–Crippen LogP) is 1.87. The van der Waals surface area contributed by atoms with E-state index in [2.05, 4.69) is 5.32 Å². The fourth-order valence-corrected chi connectivity index (χ4v) is 1.63. The summed E-state index contributed by atoms with van der Waals surface area (Å²) in [5.74, 6) is 0.160. The molecule has 0 saturated heterocycles. The first-order chi connectivity index (χ1) is 8.58. The van der Waals surface area contributed by atoms with Gasteiger partial charge in [0, 0.05) is 29.5 Å². The highest BCUT2D eigenvalue weighted by atomic mass is 16.3. The van der Waals surface area contributed by atoms with Crippen LogP contribution in [0.15, 0.2) is 36.4 Å². The van der Waals surface area contributed by atoms with Crippen molar-refractivity contribution in [3.8, 4) is 11.5 Å². The van der Waals surface area contributed by atoms with Crippen molar-refractivity contribution in [2.45, 2.75) is 6.54 Å². The summed E-state index contributed by atoms with van der Waals surface area (Å²) >= 11 is 0. The molecule has 2 aromatic rings. The summed E-state index contributed by atoms with van der Waals surface area (Å²) in [4.78, 5) is 0. The molecule has 0 aliphatic carbocycles. The quantitative estimate of drug-likeness (QED) is 0.419. The first-order valence-electron chi connectivity index (χ1n) is 5.46. The van der Waals surface area contributed by atoms with Crippen molar-refractivity contribution in [1.82, 2.24) is 0 Å². The Bertz CT molecular complexity index is 550. The minimum atomic E-state index is 0.0188. The molecule has 2 aromatic carbocycles. The highest BCUT2D eigenvalue weighted by Crippen LogP contribution is 2.26. The first-order valence-corrected chi connectivity index (χ1v) is 5.46. The number of phenols is 2. The topological polar surface area (TPSA) is 105 Å². The molecule has 0 atom stereocenters. The fourth-order valence-electron chi connectivity index (χ4n) is 1.63. The summed E-state index contributed by atoms with van der Waals surface area (Å²) in [6.07, 6.45) is 0. The summed E-state index contributed by atoms with van der Waals surface area (Å²) < 4.78 is 0. The van der Waals surface area contributed by atoms with Gasteiger partial charge in [0.2, 0.25) is 0 Å². The van der Waals surface area contributed by atoms with E-state index >= 15 is 0 Å². The lowest BCUT2D eigenvalue weighted by Crippen LogP contribution is -2.03. The largest absolute Gasteiger partial charge is 0.508 e. The molecular formula is C13H15N3O2. The molecule has 0 aliphatic heterocycles. The zero-order chi connectivity index (χ0) is 13.1. The van der Waals surface area contributed by atoms with Gasteiger partial charge in [-0.3, -0.25) is 0 Å². The van der Waals surface area contributed by atoms with Gasteiger partial charge in [0.05, 0.1) is 5.69 Å². The molecule has 0 unspecified atom stereocenters. The highest BCUT2D eigenvalue weighted by molar-refractivity contribution is 5.62. The third kappa shape index (κ3) is 2.40. The van der Waals surface area contributed by atoms with E-state index in [1.807, 2.05) is 0 Å². The normalized spacial score (nSPS) is 10.2. The molecule has 0 fully saturated rings. The molecule has 5 nitrogen and oxygen atoms in total. The number of phenolic OH excluding ortho intramolecular Hbond substituents is 2. The van der Waals surface area contributed by atoms with Crippen LogP contribution in [0.1, 0.15) is 5.56 Å². The van der Waals surface area contributed by atoms with Gasteiger partial charge in [-0.15, -0.1) is 0 Å². The van der Waals surface area contributed by atoms with Crippen LogP contribution in [0.4, 0.5) is 17.1 Å². The van der Waals surface area contributed by atoms with Crippen molar-refractivity contribution in [3.05, 3.63) is 42.0 Å². The average molecular weight is 245 g/mol. The Kier molecular flexibility index (Phi) is 3.14. The molecule has 0 aromatic heterocycles.